The van der Waals surface area contributed by atoms with Crippen molar-refractivity contribution in [1.29, 1.82) is 0 Å². The Balaban J connectivity index is 1.55. The normalized spacial score (nSPS) is 31.6. The van der Waals surface area contributed by atoms with E-state index in [9.17, 15) is 34.8 Å². The van der Waals surface area contributed by atoms with Crippen LogP contribution in [0.25, 0.3) is 10.8 Å². The average molecular weight is 847 g/mol. The summed E-state index contributed by atoms with van der Waals surface area (Å²) in [5.41, 5.74) is -0.111. The number of piperidine rings is 1. The van der Waals surface area contributed by atoms with Crippen molar-refractivity contribution in [2.45, 2.75) is 118 Å². The Morgan fingerprint density at radius 2 is 1.66 bits per heavy atom. The van der Waals surface area contributed by atoms with Crippen molar-refractivity contribution in [3.63, 3.8) is 0 Å². The number of rotatable bonds is 4. The number of allylic oxidation sites excluding steroid dienone is 2. The number of likely N-dealkylation sites (tertiary alicyclic amines) is 1. The molecular weight excluding hydrogens is 785 g/mol. The summed E-state index contributed by atoms with van der Waals surface area (Å²) in [7, 11) is 1.47. The number of aliphatic hydroxyl groups excluding tert-OH is 2. The number of benzene rings is 2. The zero-order valence-corrected chi connectivity index (χ0v) is 37.1. The number of anilines is 1. The Kier molecular flexibility index (Phi) is 13.1. The Labute approximate surface area is 356 Å². The number of amides is 1. The number of ketones is 1. The summed E-state index contributed by atoms with van der Waals surface area (Å²) in [6.45, 7) is 19.6. The topological polar surface area (TPSA) is 209 Å². The highest BCUT2D eigenvalue weighted by Gasteiger charge is 2.51. The van der Waals surface area contributed by atoms with Gasteiger partial charge >= 0.3 is 11.8 Å². The van der Waals surface area contributed by atoms with E-state index in [1.165, 1.54) is 27.2 Å². The number of esters is 1. The molecule has 15 heteroatoms. The predicted molar refractivity (Wildman–Crippen MR) is 228 cm³/mol. The van der Waals surface area contributed by atoms with Gasteiger partial charge in [-0.3, -0.25) is 19.4 Å². The predicted octanol–water partition coefficient (Wildman–Crippen LogP) is 4.75. The van der Waals surface area contributed by atoms with Gasteiger partial charge in [0.05, 0.1) is 41.2 Å². The second-order valence-electron chi connectivity index (χ2n) is 18.0. The largest absolute Gasteiger partial charge is 0.507 e. The van der Waals surface area contributed by atoms with Crippen LogP contribution < -0.4 is 20.8 Å². The molecule has 0 aromatic heterocycles. The Morgan fingerprint density at radius 1 is 0.984 bits per heavy atom. The molecule has 1 spiro atoms. The lowest BCUT2D eigenvalue weighted by Crippen LogP contribution is -2.47. The number of phenolic OH excluding ortho intramolecular Hbond substituents is 2. The van der Waals surface area contributed by atoms with Crippen molar-refractivity contribution in [3.8, 4) is 17.2 Å². The van der Waals surface area contributed by atoms with E-state index in [1.807, 2.05) is 0 Å². The van der Waals surface area contributed by atoms with Crippen LogP contribution in [0.3, 0.4) is 0 Å². The molecule has 15 nitrogen and oxygen atoms in total. The number of nitrogens with zero attached hydrogens (tertiary/aromatic N) is 3. The van der Waals surface area contributed by atoms with Crippen molar-refractivity contribution in [2.75, 3.05) is 32.1 Å². The van der Waals surface area contributed by atoms with Gasteiger partial charge in [-0.1, -0.05) is 59.8 Å². The molecule has 332 valence electrons. The van der Waals surface area contributed by atoms with Crippen LogP contribution in [-0.2, 0) is 23.8 Å². The summed E-state index contributed by atoms with van der Waals surface area (Å²) in [6.07, 6.45) is 5.07. The molecule has 61 heavy (non-hydrogen) atoms. The summed E-state index contributed by atoms with van der Waals surface area (Å²) in [5.74, 6) is -6.57. The Bertz CT molecular complexity index is 2300. The molecule has 4 heterocycles. The molecule has 9 atom stereocenters. The summed E-state index contributed by atoms with van der Waals surface area (Å²) >= 11 is 0. The van der Waals surface area contributed by atoms with Crippen molar-refractivity contribution in [1.82, 2.24) is 4.90 Å². The lowest BCUT2D eigenvalue weighted by atomic mass is 9.78. The number of methoxy groups -OCH3 is 1. The van der Waals surface area contributed by atoms with Gasteiger partial charge in [0.1, 0.15) is 34.0 Å². The molecule has 4 bridgehead atoms. The number of carbonyl (C=O) groups is 3. The molecule has 5 N–H and O–H groups in total. The van der Waals surface area contributed by atoms with Crippen LogP contribution in [0.1, 0.15) is 91.1 Å². The van der Waals surface area contributed by atoms with Gasteiger partial charge < -0.3 is 49.6 Å². The molecule has 4 aliphatic heterocycles. The SMILES string of the molecule is COC1C=COC2(C)Oc3c(C)c(O)c4c(O)c(c5c(c4c3C2=O)NC2(CCN(CC(C)C)CC2)N=5)=NC(=O)/C(C)=C\C=CC(C)C(O)C(C)C(O)C(C)C(OC(C)=O)C1C. The average Bonchev–Trinajstić information content (AvgIpc) is 3.71. The number of aliphatic hydroxyl groups is 2. The Morgan fingerprint density at radius 3 is 2.28 bits per heavy atom. The van der Waals surface area contributed by atoms with Crippen molar-refractivity contribution >= 4 is 34.1 Å². The molecule has 0 aliphatic carbocycles. The Hall–Kier alpha value is -4.83. The van der Waals surface area contributed by atoms with Gasteiger partial charge in [0.2, 0.25) is 0 Å². The minimum Gasteiger partial charge on any atom is -0.507 e. The van der Waals surface area contributed by atoms with E-state index < -0.39 is 82.9 Å². The summed E-state index contributed by atoms with van der Waals surface area (Å²) in [4.78, 5) is 52.9. The minimum atomic E-state index is -1.95. The third kappa shape index (κ3) is 8.54. The van der Waals surface area contributed by atoms with E-state index in [4.69, 9.17) is 23.9 Å². The van der Waals surface area contributed by atoms with E-state index in [0.29, 0.717) is 24.4 Å². The zero-order chi connectivity index (χ0) is 44.9. The fourth-order valence-electron chi connectivity index (χ4n) is 9.24. The summed E-state index contributed by atoms with van der Waals surface area (Å²) < 4.78 is 24.0. The van der Waals surface area contributed by atoms with E-state index in [2.05, 4.69) is 29.1 Å². The molecule has 1 saturated heterocycles. The molecule has 0 radical (unpaired) electrons. The maximum absolute atomic E-state index is 14.7. The van der Waals surface area contributed by atoms with Gasteiger partial charge in [-0.15, -0.1) is 0 Å². The first-order valence-electron chi connectivity index (χ1n) is 21.2. The number of Topliss-reactive ketones (excluding diaryl/α,β-unsaturated/α-hetero) is 1. The van der Waals surface area contributed by atoms with Gasteiger partial charge in [-0.05, 0) is 25.8 Å². The van der Waals surface area contributed by atoms with E-state index in [0.717, 1.165) is 19.6 Å². The lowest BCUT2D eigenvalue weighted by molar-refractivity contribution is -0.160. The van der Waals surface area contributed by atoms with Crippen molar-refractivity contribution in [3.05, 3.63) is 58.0 Å². The van der Waals surface area contributed by atoms with E-state index in [-0.39, 0.29) is 49.7 Å². The zero-order valence-electron chi connectivity index (χ0n) is 37.1. The third-order valence-electron chi connectivity index (χ3n) is 12.9. The van der Waals surface area contributed by atoms with E-state index in [1.54, 1.807) is 65.8 Å². The van der Waals surface area contributed by atoms with Gasteiger partial charge in [0, 0.05) is 93.6 Å². The van der Waals surface area contributed by atoms with Crippen LogP contribution in [-0.4, -0.2) is 106 Å². The first-order chi connectivity index (χ1) is 28.6. The maximum Gasteiger partial charge on any atom is 0.312 e. The molecule has 2 aromatic rings. The quantitative estimate of drug-likeness (QED) is 0.208. The molecule has 2 aromatic carbocycles. The van der Waals surface area contributed by atoms with Crippen LogP contribution in [0.15, 0.2) is 46.1 Å². The third-order valence-corrected chi connectivity index (χ3v) is 12.9. The molecule has 1 fully saturated rings. The van der Waals surface area contributed by atoms with Crippen LogP contribution in [0, 0.1) is 36.5 Å². The van der Waals surface area contributed by atoms with Crippen LogP contribution in [0.2, 0.25) is 0 Å². The van der Waals surface area contributed by atoms with E-state index >= 15 is 0 Å². The monoisotopic (exact) mass is 846 g/mol. The van der Waals surface area contributed by atoms with Gasteiger partial charge in [-0.2, -0.15) is 0 Å². The fraction of sp³-hybridized carbons (Fsp3) is 0.587. The lowest BCUT2D eigenvalue weighted by Gasteiger charge is -2.38. The number of ether oxygens (including phenoxy) is 4. The minimum absolute atomic E-state index is 0.0538. The highest BCUT2D eigenvalue weighted by atomic mass is 16.7. The number of hydrogen-bond donors (Lipinski definition) is 5. The van der Waals surface area contributed by atoms with Crippen molar-refractivity contribution in [2.24, 2.45) is 39.6 Å². The highest BCUT2D eigenvalue weighted by Crippen LogP contribution is 2.51. The number of fused-ring (bicyclic) bond motifs is 1. The fourth-order valence-corrected chi connectivity index (χ4v) is 9.24. The standard InChI is InChI=1S/C46H62N4O11/c1-22(2)21-50-18-16-46(17-19-50)48-34-31-32-39(54)28(8)42-33(31)43(56)45(10,61-42)59-20-15-30(58-11)25(5)41(60-29(9)51)27(7)38(53)26(6)37(52)23(3)13-12-14-24(4)44(57)47-36(40(32)55)35(34)49-46/h12-15,20,22-23,25-27,30,37-38,41,48,52-55H,16-19,21H2,1-11H3/b13-12?,20-15?,24-14-,47-36?. The van der Waals surface area contributed by atoms with Gasteiger partial charge in [0.25, 0.3) is 11.7 Å². The maximum atomic E-state index is 14.7. The molecule has 1 amide bonds. The summed E-state index contributed by atoms with van der Waals surface area (Å²) in [6, 6.07) is 0. The molecule has 4 aliphatic rings. The molecular formula is C46H62N4O11. The smallest absolute Gasteiger partial charge is 0.312 e. The van der Waals surface area contributed by atoms with Crippen LogP contribution >= 0.6 is 0 Å². The second-order valence-corrected chi connectivity index (χ2v) is 18.0. The van der Waals surface area contributed by atoms with Gasteiger partial charge in [-0.25, -0.2) is 4.99 Å². The van der Waals surface area contributed by atoms with Crippen LogP contribution in [0.4, 0.5) is 5.69 Å². The van der Waals surface area contributed by atoms with Crippen molar-refractivity contribution < 1.29 is 53.8 Å². The number of phenols is 2. The second kappa shape index (κ2) is 17.5. The molecule has 9 unspecified atom stereocenters. The highest BCUT2D eigenvalue weighted by molar-refractivity contribution is 6.21. The number of hydrogen-bond acceptors (Lipinski definition) is 14. The number of nitrogens with one attached hydrogen (secondary N) is 1. The molecule has 0 saturated carbocycles. The molecule has 6 rings (SSSR count). The summed E-state index contributed by atoms with van der Waals surface area (Å²) in [5, 5.41) is 50.5. The first-order valence-corrected chi connectivity index (χ1v) is 21.2. The van der Waals surface area contributed by atoms with Crippen LogP contribution in [0.5, 0.6) is 17.2 Å². The first kappa shape index (κ1) is 45.7. The number of carbonyl (C=O) groups excluding carboxylic acids is 3. The number of aromatic hydroxyl groups is 2. The van der Waals surface area contributed by atoms with Gasteiger partial charge in [0.15, 0.2) is 5.75 Å².